The monoisotopic (exact) mass is 314 g/mol. The minimum atomic E-state index is 0.416. The van der Waals surface area contributed by atoms with Gasteiger partial charge in [0.2, 0.25) is 0 Å². The summed E-state index contributed by atoms with van der Waals surface area (Å²) in [5.74, 6) is 0.830. The normalized spacial score (nSPS) is 10.9. The zero-order valence-corrected chi connectivity index (χ0v) is 13.4. The van der Waals surface area contributed by atoms with Gasteiger partial charge in [-0.3, -0.25) is 10.4 Å². The summed E-state index contributed by atoms with van der Waals surface area (Å²) in [5, 5.41) is 7.68. The fraction of sp³-hybridized carbons (Fsp3) is 0.188. The Morgan fingerprint density at radius 1 is 1.23 bits per heavy atom. The lowest BCUT2D eigenvalue weighted by Crippen LogP contribution is -2.25. The van der Waals surface area contributed by atoms with Gasteiger partial charge in [-0.05, 0) is 62.5 Å². The molecular formula is C16H18N4OS. The Balaban J connectivity index is 1.90. The highest BCUT2D eigenvalue weighted by atomic mass is 32.1. The lowest BCUT2D eigenvalue weighted by molar-refractivity contribution is 0.340. The van der Waals surface area contributed by atoms with Gasteiger partial charge in [-0.1, -0.05) is 6.07 Å². The van der Waals surface area contributed by atoms with Crippen LogP contribution in [0.5, 0.6) is 5.75 Å². The van der Waals surface area contributed by atoms with Gasteiger partial charge in [0.1, 0.15) is 5.75 Å². The van der Waals surface area contributed by atoms with Crippen molar-refractivity contribution in [2.75, 3.05) is 11.9 Å². The van der Waals surface area contributed by atoms with E-state index in [-0.39, 0.29) is 0 Å². The number of hydrazone groups is 1. The molecule has 6 heteroatoms. The number of anilines is 1. The summed E-state index contributed by atoms with van der Waals surface area (Å²) in [5.41, 5.74) is 5.24. The molecule has 0 saturated heterocycles. The van der Waals surface area contributed by atoms with Crippen LogP contribution in [0.4, 0.5) is 5.69 Å². The molecule has 0 fully saturated rings. The van der Waals surface area contributed by atoms with E-state index in [0.717, 1.165) is 22.8 Å². The summed E-state index contributed by atoms with van der Waals surface area (Å²) in [7, 11) is 0. The summed E-state index contributed by atoms with van der Waals surface area (Å²) in [6, 6.07) is 13.2. The van der Waals surface area contributed by atoms with Gasteiger partial charge in [-0.2, -0.15) is 5.10 Å². The summed E-state index contributed by atoms with van der Waals surface area (Å²) in [4.78, 5) is 4.22. The molecule has 5 nitrogen and oxygen atoms in total. The van der Waals surface area contributed by atoms with Crippen LogP contribution >= 0.6 is 12.2 Å². The fourth-order valence-electron chi connectivity index (χ4n) is 1.73. The van der Waals surface area contributed by atoms with Crippen LogP contribution in [0.3, 0.4) is 0 Å². The van der Waals surface area contributed by atoms with Gasteiger partial charge in [-0.15, -0.1) is 0 Å². The molecule has 0 bridgehead atoms. The summed E-state index contributed by atoms with van der Waals surface area (Å²) >= 11 is 5.21. The molecule has 0 aliphatic heterocycles. The summed E-state index contributed by atoms with van der Waals surface area (Å²) in [6.07, 6.45) is 1.73. The predicted molar refractivity (Wildman–Crippen MR) is 93.4 cm³/mol. The van der Waals surface area contributed by atoms with Crippen molar-refractivity contribution < 1.29 is 4.74 Å². The van der Waals surface area contributed by atoms with E-state index in [1.807, 2.05) is 56.3 Å². The van der Waals surface area contributed by atoms with E-state index in [2.05, 4.69) is 20.8 Å². The number of pyridine rings is 1. The van der Waals surface area contributed by atoms with Gasteiger partial charge < -0.3 is 10.1 Å². The van der Waals surface area contributed by atoms with E-state index in [9.17, 15) is 0 Å². The Kier molecular flexibility index (Phi) is 5.85. The molecule has 0 unspecified atom stereocenters. The molecule has 0 atom stereocenters. The molecule has 1 aromatic heterocycles. The number of benzene rings is 1. The third-order valence-corrected chi connectivity index (χ3v) is 2.98. The van der Waals surface area contributed by atoms with Crippen molar-refractivity contribution in [2.24, 2.45) is 5.10 Å². The van der Waals surface area contributed by atoms with Crippen molar-refractivity contribution in [3.8, 4) is 5.75 Å². The number of hydrogen-bond acceptors (Lipinski definition) is 4. The van der Waals surface area contributed by atoms with Crippen LogP contribution in [-0.2, 0) is 0 Å². The minimum absolute atomic E-state index is 0.416. The Morgan fingerprint density at radius 2 is 2.00 bits per heavy atom. The highest BCUT2D eigenvalue weighted by Gasteiger charge is 2.00. The maximum absolute atomic E-state index is 5.39. The lowest BCUT2D eigenvalue weighted by atomic mass is 10.3. The molecule has 1 heterocycles. The molecule has 0 spiro atoms. The van der Waals surface area contributed by atoms with Gasteiger partial charge >= 0.3 is 0 Å². The fourth-order valence-corrected chi connectivity index (χ4v) is 1.89. The molecule has 2 rings (SSSR count). The highest BCUT2D eigenvalue weighted by molar-refractivity contribution is 7.80. The number of hydrogen-bond donors (Lipinski definition) is 2. The lowest BCUT2D eigenvalue weighted by Gasteiger charge is -2.09. The van der Waals surface area contributed by atoms with Crippen molar-refractivity contribution in [1.82, 2.24) is 10.4 Å². The van der Waals surface area contributed by atoms with Crippen LogP contribution < -0.4 is 15.5 Å². The zero-order valence-electron chi connectivity index (χ0n) is 12.5. The number of aromatic nitrogens is 1. The predicted octanol–water partition coefficient (Wildman–Crippen LogP) is 3.19. The van der Waals surface area contributed by atoms with Crippen molar-refractivity contribution in [1.29, 1.82) is 0 Å². The Labute approximate surface area is 135 Å². The molecular weight excluding hydrogens is 296 g/mol. The van der Waals surface area contributed by atoms with E-state index >= 15 is 0 Å². The largest absolute Gasteiger partial charge is 0.494 e. The topological polar surface area (TPSA) is 58.5 Å². The van der Waals surface area contributed by atoms with E-state index < -0.39 is 0 Å². The first kappa shape index (κ1) is 15.9. The van der Waals surface area contributed by atoms with Crippen LogP contribution in [0.25, 0.3) is 0 Å². The minimum Gasteiger partial charge on any atom is -0.494 e. The Morgan fingerprint density at radius 3 is 2.64 bits per heavy atom. The van der Waals surface area contributed by atoms with E-state index in [0.29, 0.717) is 11.7 Å². The van der Waals surface area contributed by atoms with Crippen molar-refractivity contribution in [3.63, 3.8) is 0 Å². The average Bonchev–Trinajstić information content (AvgIpc) is 2.55. The summed E-state index contributed by atoms with van der Waals surface area (Å²) in [6.45, 7) is 4.47. The van der Waals surface area contributed by atoms with Gasteiger partial charge in [-0.25, -0.2) is 0 Å². The van der Waals surface area contributed by atoms with Crippen LogP contribution in [0, 0.1) is 0 Å². The number of thiocarbonyl (C=S) groups is 1. The van der Waals surface area contributed by atoms with Crippen LogP contribution in [0.15, 0.2) is 53.8 Å². The Hall–Kier alpha value is -2.47. The van der Waals surface area contributed by atoms with Crippen LogP contribution in [-0.4, -0.2) is 22.4 Å². The molecule has 2 aromatic rings. The number of ether oxygens (including phenoxy) is 1. The third kappa shape index (κ3) is 4.82. The molecule has 0 aliphatic carbocycles. The number of nitrogens with one attached hydrogen (secondary N) is 2. The van der Waals surface area contributed by atoms with Crippen molar-refractivity contribution >= 4 is 28.7 Å². The quantitative estimate of drug-likeness (QED) is 0.504. The first-order chi connectivity index (χ1) is 10.7. The number of rotatable bonds is 5. The van der Waals surface area contributed by atoms with E-state index in [1.54, 1.807) is 6.20 Å². The maximum atomic E-state index is 5.39. The first-order valence-corrected chi connectivity index (χ1v) is 7.35. The average molecular weight is 314 g/mol. The standard InChI is InChI=1S/C16H18N4OS/c1-3-21-14-9-7-13(8-10-14)18-16(22)20-19-12(2)15-6-4-5-11-17-15/h4-11H,3H2,1-2H3,(H2,18,20,22)/b19-12-. The van der Waals surface area contributed by atoms with Crippen LogP contribution in [0.1, 0.15) is 19.5 Å². The van der Waals surface area contributed by atoms with Crippen LogP contribution in [0.2, 0.25) is 0 Å². The van der Waals surface area contributed by atoms with Crippen molar-refractivity contribution in [2.45, 2.75) is 13.8 Å². The van der Waals surface area contributed by atoms with E-state index in [1.165, 1.54) is 0 Å². The zero-order chi connectivity index (χ0) is 15.8. The Bertz CT molecular complexity index is 641. The molecule has 0 amide bonds. The second-order valence-electron chi connectivity index (χ2n) is 4.44. The smallest absolute Gasteiger partial charge is 0.191 e. The van der Waals surface area contributed by atoms with E-state index in [4.69, 9.17) is 17.0 Å². The first-order valence-electron chi connectivity index (χ1n) is 6.94. The molecule has 114 valence electrons. The summed E-state index contributed by atoms with van der Waals surface area (Å²) < 4.78 is 5.39. The molecule has 0 aliphatic rings. The SMILES string of the molecule is CCOc1ccc(NC(=S)N/N=C(/C)c2ccccn2)cc1. The molecule has 22 heavy (non-hydrogen) atoms. The van der Waals surface area contributed by atoms with Gasteiger partial charge in [0.25, 0.3) is 0 Å². The molecule has 0 radical (unpaired) electrons. The van der Waals surface area contributed by atoms with Gasteiger partial charge in [0.05, 0.1) is 18.0 Å². The second kappa shape index (κ2) is 8.09. The van der Waals surface area contributed by atoms with Gasteiger partial charge in [0, 0.05) is 11.9 Å². The molecule has 1 aromatic carbocycles. The van der Waals surface area contributed by atoms with Crippen molar-refractivity contribution in [3.05, 3.63) is 54.4 Å². The second-order valence-corrected chi connectivity index (χ2v) is 4.84. The molecule has 2 N–H and O–H groups in total. The third-order valence-electron chi connectivity index (χ3n) is 2.78. The number of nitrogens with zero attached hydrogens (tertiary/aromatic N) is 2. The highest BCUT2D eigenvalue weighted by Crippen LogP contribution is 2.15. The van der Waals surface area contributed by atoms with Gasteiger partial charge in [0.15, 0.2) is 5.11 Å². The molecule has 0 saturated carbocycles. The maximum Gasteiger partial charge on any atom is 0.191 e.